The number of Topliss-reactive ketones (excluding diaryl/α,β-unsaturated/α-hetero) is 1. The van der Waals surface area contributed by atoms with Gasteiger partial charge < -0.3 is 5.11 Å². The van der Waals surface area contributed by atoms with Crippen molar-refractivity contribution in [3.63, 3.8) is 0 Å². The Bertz CT molecular complexity index is 673. The molecule has 0 spiro atoms. The highest BCUT2D eigenvalue weighted by Crippen LogP contribution is 2.61. The van der Waals surface area contributed by atoms with Crippen LogP contribution in [0.15, 0.2) is 12.2 Å². The molecule has 2 aliphatic carbocycles. The Morgan fingerprint density at radius 3 is 2.54 bits per heavy atom. The second-order valence-corrected chi connectivity index (χ2v) is 9.67. The number of allylic oxidation sites excluding steroid dienone is 1. The molecule has 3 rings (SSSR count). The van der Waals surface area contributed by atoms with Crippen molar-refractivity contribution in [2.75, 3.05) is 0 Å². The van der Waals surface area contributed by atoms with Gasteiger partial charge in [0.2, 0.25) is 11.8 Å². The molecular formula is C20H28ClNO4. The number of nitrogens with one attached hydrogen (secondary N) is 1. The van der Waals surface area contributed by atoms with E-state index in [0.29, 0.717) is 12.8 Å². The molecule has 144 valence electrons. The van der Waals surface area contributed by atoms with Crippen molar-refractivity contribution >= 4 is 29.2 Å². The van der Waals surface area contributed by atoms with Gasteiger partial charge >= 0.3 is 0 Å². The Balaban J connectivity index is 1.89. The zero-order chi connectivity index (χ0) is 19.4. The Morgan fingerprint density at radius 2 is 1.96 bits per heavy atom. The number of alkyl halides is 1. The van der Waals surface area contributed by atoms with Crippen LogP contribution < -0.4 is 5.32 Å². The van der Waals surface area contributed by atoms with Crippen LogP contribution in [0.25, 0.3) is 0 Å². The summed E-state index contributed by atoms with van der Waals surface area (Å²) >= 11 is 6.57. The fraction of sp³-hybridized carbons (Fsp3) is 0.750. The molecule has 3 fully saturated rings. The number of carbonyl (C=O) groups is 3. The van der Waals surface area contributed by atoms with Crippen LogP contribution in [0.2, 0.25) is 0 Å². The minimum absolute atomic E-state index is 0.0213. The first-order valence-corrected chi connectivity index (χ1v) is 9.78. The molecule has 0 aromatic heterocycles. The smallest absolute Gasteiger partial charge is 0.232 e. The molecule has 1 saturated heterocycles. The van der Waals surface area contributed by atoms with E-state index in [1.54, 1.807) is 0 Å². The van der Waals surface area contributed by atoms with E-state index < -0.39 is 17.9 Å². The van der Waals surface area contributed by atoms with Crippen LogP contribution in [0.3, 0.4) is 0 Å². The molecule has 1 heterocycles. The summed E-state index contributed by atoms with van der Waals surface area (Å²) in [6.45, 7) is 10.3. The SMILES string of the molecule is C=C1CC(=O)C2C(C)(C)C(Cl)CCC2(C)C1CC(O)C1CC(=O)NC1=O. The van der Waals surface area contributed by atoms with Gasteiger partial charge in [0.05, 0.1) is 12.0 Å². The summed E-state index contributed by atoms with van der Waals surface area (Å²) in [6.07, 6.45) is 1.32. The lowest BCUT2D eigenvalue weighted by Crippen LogP contribution is -2.57. The summed E-state index contributed by atoms with van der Waals surface area (Å²) in [5.41, 5.74) is 0.138. The van der Waals surface area contributed by atoms with Crippen LogP contribution in [-0.2, 0) is 14.4 Å². The molecule has 1 aliphatic heterocycles. The van der Waals surface area contributed by atoms with Crippen LogP contribution in [0.5, 0.6) is 0 Å². The van der Waals surface area contributed by atoms with Crippen LogP contribution >= 0.6 is 11.6 Å². The van der Waals surface area contributed by atoms with Gasteiger partial charge in [0, 0.05) is 24.1 Å². The standard InChI is InChI=1S/C20H28ClNO4/c1-10-7-14(24)17-19(2,3)15(21)5-6-20(17,4)12(10)9-13(23)11-8-16(25)22-18(11)26/h11-13,15,17,23H,1,5-9H2,2-4H3,(H,22,25,26). The monoisotopic (exact) mass is 381 g/mol. The van der Waals surface area contributed by atoms with Gasteiger partial charge in [0.1, 0.15) is 5.78 Å². The third-order valence-electron chi connectivity index (χ3n) is 7.11. The first-order valence-electron chi connectivity index (χ1n) is 9.34. The van der Waals surface area contributed by atoms with Gasteiger partial charge in [-0.05, 0) is 36.0 Å². The highest BCUT2D eigenvalue weighted by Gasteiger charge is 2.59. The first kappa shape index (κ1) is 19.6. The van der Waals surface area contributed by atoms with E-state index in [-0.39, 0.29) is 46.2 Å². The van der Waals surface area contributed by atoms with Gasteiger partial charge in [0.15, 0.2) is 0 Å². The summed E-state index contributed by atoms with van der Waals surface area (Å²) in [5, 5.41) is 12.9. The zero-order valence-electron chi connectivity index (χ0n) is 15.7. The van der Waals surface area contributed by atoms with Crippen molar-refractivity contribution in [1.82, 2.24) is 5.32 Å². The van der Waals surface area contributed by atoms with Gasteiger partial charge in [-0.3, -0.25) is 19.7 Å². The molecule has 0 bridgehead atoms. The van der Waals surface area contributed by atoms with Gasteiger partial charge in [0.25, 0.3) is 0 Å². The molecule has 2 N–H and O–H groups in total. The summed E-state index contributed by atoms with van der Waals surface area (Å²) in [6, 6.07) is 0. The fourth-order valence-electron chi connectivity index (χ4n) is 5.78. The van der Waals surface area contributed by atoms with Crippen LogP contribution in [0.4, 0.5) is 0 Å². The molecule has 6 heteroatoms. The third kappa shape index (κ3) is 2.93. The lowest BCUT2D eigenvalue weighted by Gasteiger charge is -2.58. The number of halogens is 1. The van der Waals surface area contributed by atoms with Gasteiger partial charge in [-0.25, -0.2) is 0 Å². The topological polar surface area (TPSA) is 83.5 Å². The lowest BCUT2D eigenvalue weighted by molar-refractivity contribution is -0.145. The Labute approximate surface area is 159 Å². The zero-order valence-corrected chi connectivity index (χ0v) is 16.4. The van der Waals surface area contributed by atoms with Crippen molar-refractivity contribution < 1.29 is 19.5 Å². The first-order chi connectivity index (χ1) is 12.0. The van der Waals surface area contributed by atoms with E-state index in [1.807, 2.05) is 0 Å². The predicted octanol–water partition coefficient (Wildman–Crippen LogP) is 2.60. The van der Waals surface area contributed by atoms with Crippen molar-refractivity contribution in [2.45, 2.75) is 64.4 Å². The maximum Gasteiger partial charge on any atom is 0.232 e. The van der Waals surface area contributed by atoms with E-state index in [9.17, 15) is 19.5 Å². The number of imide groups is 1. The third-order valence-corrected chi connectivity index (χ3v) is 7.89. The molecule has 26 heavy (non-hydrogen) atoms. The number of aliphatic hydroxyl groups excluding tert-OH is 1. The van der Waals surface area contributed by atoms with Crippen molar-refractivity contribution in [2.24, 2.45) is 28.6 Å². The van der Waals surface area contributed by atoms with Crippen molar-refractivity contribution in [1.29, 1.82) is 0 Å². The summed E-state index contributed by atoms with van der Waals surface area (Å²) in [5.74, 6) is -1.57. The number of hydrogen-bond acceptors (Lipinski definition) is 4. The highest BCUT2D eigenvalue weighted by molar-refractivity contribution is 6.21. The molecule has 6 unspecified atom stereocenters. The Morgan fingerprint density at radius 1 is 1.31 bits per heavy atom. The van der Waals surface area contributed by atoms with E-state index in [4.69, 9.17) is 11.6 Å². The van der Waals surface area contributed by atoms with Gasteiger partial charge in [-0.1, -0.05) is 32.9 Å². The average Bonchev–Trinajstić information content (AvgIpc) is 2.86. The number of hydrogen-bond donors (Lipinski definition) is 2. The largest absolute Gasteiger partial charge is 0.392 e. The van der Waals surface area contributed by atoms with E-state index in [2.05, 4.69) is 32.7 Å². The number of carbonyl (C=O) groups excluding carboxylic acids is 3. The van der Waals surface area contributed by atoms with Gasteiger partial charge in [-0.15, -0.1) is 11.6 Å². The molecule has 2 saturated carbocycles. The lowest BCUT2D eigenvalue weighted by atomic mass is 9.46. The quantitative estimate of drug-likeness (QED) is 0.447. The molecular weight excluding hydrogens is 354 g/mol. The molecule has 6 atom stereocenters. The maximum atomic E-state index is 12.9. The maximum absolute atomic E-state index is 12.9. The molecule has 0 aromatic carbocycles. The minimum Gasteiger partial charge on any atom is -0.392 e. The second-order valence-electron chi connectivity index (χ2n) is 9.15. The summed E-state index contributed by atoms with van der Waals surface area (Å²) in [7, 11) is 0. The number of ketones is 1. The molecule has 0 radical (unpaired) electrons. The minimum atomic E-state index is -0.925. The van der Waals surface area contributed by atoms with Crippen LogP contribution in [-0.4, -0.2) is 34.2 Å². The predicted molar refractivity (Wildman–Crippen MR) is 98.4 cm³/mol. The number of rotatable bonds is 3. The van der Waals surface area contributed by atoms with Crippen molar-refractivity contribution in [3.05, 3.63) is 12.2 Å². The molecule has 0 aromatic rings. The highest BCUT2D eigenvalue weighted by atomic mass is 35.5. The average molecular weight is 382 g/mol. The summed E-state index contributed by atoms with van der Waals surface area (Å²) < 4.78 is 0. The van der Waals surface area contributed by atoms with Crippen molar-refractivity contribution in [3.8, 4) is 0 Å². The van der Waals surface area contributed by atoms with Gasteiger partial charge in [-0.2, -0.15) is 0 Å². The fourth-order valence-corrected chi connectivity index (χ4v) is 6.02. The molecule has 5 nitrogen and oxygen atoms in total. The Kier molecular flexibility index (Phi) is 4.85. The van der Waals surface area contributed by atoms with E-state index in [0.717, 1.165) is 18.4 Å². The number of aliphatic hydroxyl groups is 1. The van der Waals surface area contributed by atoms with Crippen LogP contribution in [0.1, 0.15) is 52.9 Å². The summed E-state index contributed by atoms with van der Waals surface area (Å²) in [4.78, 5) is 36.3. The Hall–Kier alpha value is -1.20. The number of amides is 2. The van der Waals surface area contributed by atoms with E-state index in [1.165, 1.54) is 0 Å². The molecule has 2 amide bonds. The normalized spacial score (nSPS) is 41.0. The van der Waals surface area contributed by atoms with Crippen LogP contribution in [0, 0.1) is 28.6 Å². The number of fused-ring (bicyclic) bond motifs is 1. The van der Waals surface area contributed by atoms with E-state index >= 15 is 0 Å². The molecule has 3 aliphatic rings. The second kappa shape index (κ2) is 6.45.